The monoisotopic (exact) mass is 228 g/mol. The molecule has 1 aliphatic rings. The summed E-state index contributed by atoms with van der Waals surface area (Å²) in [6.45, 7) is 4.99. The lowest BCUT2D eigenvalue weighted by Gasteiger charge is -2.28. The van der Waals surface area contributed by atoms with E-state index in [4.69, 9.17) is 5.11 Å². The zero-order chi connectivity index (χ0) is 12.1. The number of amides is 1. The molecule has 1 amide bonds. The lowest BCUT2D eigenvalue weighted by molar-refractivity contribution is -0.139. The van der Waals surface area contributed by atoms with Crippen LogP contribution in [0.15, 0.2) is 0 Å². The Kier molecular flexibility index (Phi) is 4.73. The van der Waals surface area contributed by atoms with Gasteiger partial charge in [0.1, 0.15) is 0 Å². The molecule has 92 valence electrons. The van der Waals surface area contributed by atoms with Crippen molar-refractivity contribution < 1.29 is 14.7 Å². The first kappa shape index (κ1) is 13.0. The van der Waals surface area contributed by atoms with Gasteiger partial charge in [-0.1, -0.05) is 0 Å². The summed E-state index contributed by atoms with van der Waals surface area (Å²) in [5.74, 6) is -0.827. The molecule has 1 saturated heterocycles. The van der Waals surface area contributed by atoms with E-state index < -0.39 is 5.97 Å². The van der Waals surface area contributed by atoms with Crippen molar-refractivity contribution in [2.45, 2.75) is 45.2 Å². The van der Waals surface area contributed by atoms with Gasteiger partial charge in [0.15, 0.2) is 0 Å². The van der Waals surface area contributed by atoms with Crippen molar-refractivity contribution in [1.29, 1.82) is 0 Å². The van der Waals surface area contributed by atoms with Crippen molar-refractivity contribution in [2.24, 2.45) is 0 Å². The van der Waals surface area contributed by atoms with Crippen LogP contribution in [0.3, 0.4) is 0 Å². The van der Waals surface area contributed by atoms with Gasteiger partial charge in [0.25, 0.3) is 0 Å². The van der Waals surface area contributed by atoms with Gasteiger partial charge in [0.05, 0.1) is 12.5 Å². The fraction of sp³-hybridized carbons (Fsp3) is 0.818. The van der Waals surface area contributed by atoms with Crippen molar-refractivity contribution >= 4 is 11.9 Å². The van der Waals surface area contributed by atoms with Gasteiger partial charge >= 0.3 is 5.97 Å². The number of nitrogens with zero attached hydrogens (tertiary/aromatic N) is 1. The third-order valence-electron chi connectivity index (χ3n) is 2.83. The van der Waals surface area contributed by atoms with E-state index in [9.17, 15) is 9.59 Å². The maximum atomic E-state index is 12.1. The highest BCUT2D eigenvalue weighted by molar-refractivity contribution is 5.82. The predicted molar refractivity (Wildman–Crippen MR) is 60.1 cm³/mol. The number of carboxylic acids is 1. The Balaban J connectivity index is 2.54. The predicted octanol–water partition coefficient (Wildman–Crippen LogP) is 0.450. The molecule has 1 aliphatic heterocycles. The van der Waals surface area contributed by atoms with Crippen molar-refractivity contribution in [1.82, 2.24) is 10.2 Å². The lowest BCUT2D eigenvalue weighted by Crippen LogP contribution is -2.47. The number of nitrogens with one attached hydrogen (secondary N) is 1. The van der Waals surface area contributed by atoms with E-state index in [1.165, 1.54) is 0 Å². The molecule has 0 radical (unpaired) electrons. The van der Waals surface area contributed by atoms with Crippen LogP contribution in [0, 0.1) is 0 Å². The van der Waals surface area contributed by atoms with E-state index in [-0.39, 0.29) is 24.4 Å². The molecule has 1 heterocycles. The Morgan fingerprint density at radius 1 is 1.50 bits per heavy atom. The van der Waals surface area contributed by atoms with Crippen LogP contribution in [-0.2, 0) is 9.59 Å². The van der Waals surface area contributed by atoms with Crippen LogP contribution in [0.1, 0.15) is 33.1 Å². The molecule has 0 aromatic carbocycles. The molecule has 1 fully saturated rings. The SMILES string of the molecule is CC(C)N(CCC(=O)O)C(=O)[C@H]1CCCN1. The highest BCUT2D eigenvalue weighted by atomic mass is 16.4. The van der Waals surface area contributed by atoms with Gasteiger partial charge in [-0.2, -0.15) is 0 Å². The van der Waals surface area contributed by atoms with Crippen LogP contribution < -0.4 is 5.32 Å². The van der Waals surface area contributed by atoms with E-state index in [1.54, 1.807) is 4.90 Å². The maximum Gasteiger partial charge on any atom is 0.305 e. The van der Waals surface area contributed by atoms with Crippen LogP contribution in [0.25, 0.3) is 0 Å². The zero-order valence-electron chi connectivity index (χ0n) is 9.90. The van der Waals surface area contributed by atoms with Crippen LogP contribution in [0.4, 0.5) is 0 Å². The minimum absolute atomic E-state index is 0.0106. The molecule has 5 nitrogen and oxygen atoms in total. The van der Waals surface area contributed by atoms with Gasteiger partial charge in [0.2, 0.25) is 5.91 Å². The van der Waals surface area contributed by atoms with Gasteiger partial charge in [-0.25, -0.2) is 0 Å². The molecular weight excluding hydrogens is 208 g/mol. The fourth-order valence-electron chi connectivity index (χ4n) is 1.93. The van der Waals surface area contributed by atoms with Crippen molar-refractivity contribution in [3.8, 4) is 0 Å². The highest BCUT2D eigenvalue weighted by Gasteiger charge is 2.28. The maximum absolute atomic E-state index is 12.1. The summed E-state index contributed by atoms with van der Waals surface area (Å²) in [7, 11) is 0. The van der Waals surface area contributed by atoms with Crippen molar-refractivity contribution in [3.63, 3.8) is 0 Å². The van der Waals surface area contributed by atoms with Gasteiger partial charge in [0, 0.05) is 12.6 Å². The average Bonchev–Trinajstić information content (AvgIpc) is 2.69. The Morgan fingerprint density at radius 2 is 2.19 bits per heavy atom. The lowest BCUT2D eigenvalue weighted by atomic mass is 10.1. The summed E-state index contributed by atoms with van der Waals surface area (Å²) < 4.78 is 0. The zero-order valence-corrected chi connectivity index (χ0v) is 9.90. The molecule has 0 saturated carbocycles. The van der Waals surface area contributed by atoms with E-state index in [2.05, 4.69) is 5.32 Å². The van der Waals surface area contributed by atoms with E-state index in [0.717, 1.165) is 19.4 Å². The Labute approximate surface area is 95.8 Å². The Morgan fingerprint density at radius 3 is 2.62 bits per heavy atom. The minimum Gasteiger partial charge on any atom is -0.481 e. The van der Waals surface area contributed by atoms with Gasteiger partial charge < -0.3 is 15.3 Å². The number of carbonyl (C=O) groups is 2. The molecule has 16 heavy (non-hydrogen) atoms. The summed E-state index contributed by atoms with van der Waals surface area (Å²) in [5, 5.41) is 11.8. The second kappa shape index (κ2) is 5.84. The number of aliphatic carboxylic acids is 1. The van der Waals surface area contributed by atoms with Crippen molar-refractivity contribution in [2.75, 3.05) is 13.1 Å². The standard InChI is InChI=1S/C11H20N2O3/c1-8(2)13(7-5-10(14)15)11(16)9-4-3-6-12-9/h8-9,12H,3-7H2,1-2H3,(H,14,15)/t9-/m1/s1. The minimum atomic E-state index is -0.863. The normalized spacial score (nSPS) is 20.1. The second-order valence-corrected chi connectivity index (χ2v) is 4.42. The topological polar surface area (TPSA) is 69.6 Å². The molecule has 0 unspecified atom stereocenters. The van der Waals surface area contributed by atoms with Crippen LogP contribution in [0.2, 0.25) is 0 Å². The third kappa shape index (κ3) is 3.48. The highest BCUT2D eigenvalue weighted by Crippen LogP contribution is 2.11. The van der Waals surface area contributed by atoms with E-state index >= 15 is 0 Å². The molecule has 0 spiro atoms. The summed E-state index contributed by atoms with van der Waals surface area (Å²) in [6.07, 6.45) is 1.88. The second-order valence-electron chi connectivity index (χ2n) is 4.42. The number of carbonyl (C=O) groups excluding carboxylic acids is 1. The van der Waals surface area contributed by atoms with Crippen LogP contribution >= 0.6 is 0 Å². The molecule has 2 N–H and O–H groups in total. The number of hydrogen-bond donors (Lipinski definition) is 2. The average molecular weight is 228 g/mol. The quantitative estimate of drug-likeness (QED) is 0.717. The Hall–Kier alpha value is -1.10. The van der Waals surface area contributed by atoms with E-state index in [0.29, 0.717) is 6.54 Å². The number of hydrogen-bond acceptors (Lipinski definition) is 3. The fourth-order valence-corrected chi connectivity index (χ4v) is 1.93. The summed E-state index contributed by atoms with van der Waals surface area (Å²) >= 11 is 0. The first-order valence-corrected chi connectivity index (χ1v) is 5.78. The molecule has 0 aromatic rings. The largest absolute Gasteiger partial charge is 0.481 e. The number of rotatable bonds is 5. The van der Waals surface area contributed by atoms with Gasteiger partial charge in [-0.3, -0.25) is 9.59 Å². The van der Waals surface area contributed by atoms with Crippen molar-refractivity contribution in [3.05, 3.63) is 0 Å². The molecular formula is C11H20N2O3. The number of carboxylic acid groups (broad SMARTS) is 1. The molecule has 0 bridgehead atoms. The van der Waals surface area contributed by atoms with Gasteiger partial charge in [-0.05, 0) is 33.2 Å². The summed E-state index contributed by atoms with van der Waals surface area (Å²) in [5.41, 5.74) is 0. The molecule has 5 heteroatoms. The van der Waals surface area contributed by atoms with E-state index in [1.807, 2.05) is 13.8 Å². The summed E-state index contributed by atoms with van der Waals surface area (Å²) in [4.78, 5) is 24.2. The first-order valence-electron chi connectivity index (χ1n) is 5.78. The smallest absolute Gasteiger partial charge is 0.305 e. The molecule has 0 aliphatic carbocycles. The molecule has 1 atom stereocenters. The molecule has 0 aromatic heterocycles. The first-order chi connectivity index (χ1) is 7.52. The third-order valence-corrected chi connectivity index (χ3v) is 2.83. The van der Waals surface area contributed by atoms with Crippen LogP contribution in [-0.4, -0.2) is 47.1 Å². The van der Waals surface area contributed by atoms with Gasteiger partial charge in [-0.15, -0.1) is 0 Å². The van der Waals surface area contributed by atoms with Crippen LogP contribution in [0.5, 0.6) is 0 Å². The Bertz CT molecular complexity index is 260. The summed E-state index contributed by atoms with van der Waals surface area (Å²) in [6, 6.07) is -0.0644. The molecule has 1 rings (SSSR count).